The summed E-state index contributed by atoms with van der Waals surface area (Å²) in [5.74, 6) is -0.623. The van der Waals surface area contributed by atoms with Crippen LogP contribution in [0.4, 0.5) is 4.39 Å². The van der Waals surface area contributed by atoms with Crippen LogP contribution in [-0.2, 0) is 13.5 Å². The average Bonchev–Trinajstić information content (AvgIpc) is 3.33. The molecule has 2 N–H and O–H groups in total. The van der Waals surface area contributed by atoms with Gasteiger partial charge in [0.1, 0.15) is 11.5 Å². The van der Waals surface area contributed by atoms with E-state index in [1.165, 1.54) is 6.07 Å². The molecule has 1 amide bonds. The zero-order valence-electron chi connectivity index (χ0n) is 17.1. The van der Waals surface area contributed by atoms with E-state index in [9.17, 15) is 14.3 Å². The van der Waals surface area contributed by atoms with Crippen LogP contribution >= 0.6 is 0 Å². The first-order valence-electron chi connectivity index (χ1n) is 10.1. The lowest BCUT2D eigenvalue weighted by Gasteiger charge is -2.16. The zero-order valence-corrected chi connectivity index (χ0v) is 17.1. The Balaban J connectivity index is 1.53. The van der Waals surface area contributed by atoms with Gasteiger partial charge in [0.05, 0.1) is 17.8 Å². The van der Waals surface area contributed by atoms with E-state index >= 15 is 0 Å². The number of aromatic nitrogens is 3. The number of hydrogen-bond donors (Lipinski definition) is 2. The van der Waals surface area contributed by atoms with Gasteiger partial charge in [-0.3, -0.25) is 14.5 Å². The second-order valence-electron chi connectivity index (χ2n) is 7.93. The second kappa shape index (κ2) is 8.36. The van der Waals surface area contributed by atoms with Crippen molar-refractivity contribution in [3.8, 4) is 11.3 Å². The number of aliphatic hydroxyl groups is 1. The van der Waals surface area contributed by atoms with Gasteiger partial charge in [-0.15, -0.1) is 0 Å². The largest absolute Gasteiger partial charge is 0.391 e. The van der Waals surface area contributed by atoms with Gasteiger partial charge in [-0.25, -0.2) is 4.39 Å². The predicted octanol–water partition coefficient (Wildman–Crippen LogP) is 3.16. The molecule has 6 nitrogen and oxygen atoms in total. The van der Waals surface area contributed by atoms with Crippen LogP contribution in [0.5, 0.6) is 0 Å². The van der Waals surface area contributed by atoms with Gasteiger partial charge in [-0.05, 0) is 61.1 Å². The Kier molecular flexibility index (Phi) is 5.63. The van der Waals surface area contributed by atoms with Crippen molar-refractivity contribution in [1.82, 2.24) is 20.1 Å². The van der Waals surface area contributed by atoms with Gasteiger partial charge in [-0.2, -0.15) is 5.10 Å². The number of aryl methyl sites for hydroxylation is 2. The number of benzene rings is 1. The molecule has 0 radical (unpaired) electrons. The number of amides is 1. The summed E-state index contributed by atoms with van der Waals surface area (Å²) in [6, 6.07) is 8.41. The Morgan fingerprint density at radius 3 is 2.77 bits per heavy atom. The highest BCUT2D eigenvalue weighted by atomic mass is 19.1. The van der Waals surface area contributed by atoms with Crippen LogP contribution < -0.4 is 5.32 Å². The van der Waals surface area contributed by atoms with Crippen molar-refractivity contribution in [2.45, 2.75) is 44.8 Å². The summed E-state index contributed by atoms with van der Waals surface area (Å²) in [5.41, 5.74) is 3.99. The molecule has 0 unspecified atom stereocenters. The number of aliphatic hydroxyl groups excluding tert-OH is 1. The van der Waals surface area contributed by atoms with E-state index in [1.54, 1.807) is 23.0 Å². The van der Waals surface area contributed by atoms with Crippen molar-refractivity contribution in [3.63, 3.8) is 0 Å². The minimum atomic E-state index is -0.509. The van der Waals surface area contributed by atoms with Crippen LogP contribution in [0, 0.1) is 12.7 Å². The fourth-order valence-electron chi connectivity index (χ4n) is 3.86. The number of halogens is 1. The molecule has 1 aromatic carbocycles. The highest BCUT2D eigenvalue weighted by Gasteiger charge is 2.27. The maximum atomic E-state index is 14.8. The minimum absolute atomic E-state index is 0.236. The lowest BCUT2D eigenvalue weighted by Crippen LogP contribution is -2.40. The van der Waals surface area contributed by atoms with Gasteiger partial charge in [0.25, 0.3) is 5.91 Å². The Labute approximate surface area is 174 Å². The Bertz CT molecular complexity index is 1080. The molecule has 0 bridgehead atoms. The van der Waals surface area contributed by atoms with E-state index in [-0.39, 0.29) is 23.5 Å². The first kappa shape index (κ1) is 20.2. The smallest absolute Gasteiger partial charge is 0.270 e. The van der Waals surface area contributed by atoms with Crippen LogP contribution in [0.25, 0.3) is 11.3 Å². The predicted molar refractivity (Wildman–Crippen MR) is 111 cm³/mol. The Morgan fingerprint density at radius 1 is 1.27 bits per heavy atom. The number of carbonyl (C=O) groups is 1. The molecule has 0 aliphatic heterocycles. The molecule has 3 aromatic rings. The van der Waals surface area contributed by atoms with Crippen LogP contribution in [0.15, 0.2) is 42.7 Å². The summed E-state index contributed by atoms with van der Waals surface area (Å²) < 4.78 is 16.5. The summed E-state index contributed by atoms with van der Waals surface area (Å²) >= 11 is 0. The zero-order chi connectivity index (χ0) is 21.3. The Hall–Kier alpha value is -3.06. The molecule has 4 rings (SSSR count). The maximum Gasteiger partial charge on any atom is 0.270 e. The molecule has 1 saturated carbocycles. The van der Waals surface area contributed by atoms with Crippen molar-refractivity contribution in [2.75, 3.05) is 0 Å². The summed E-state index contributed by atoms with van der Waals surface area (Å²) in [6.07, 6.45) is 5.66. The van der Waals surface area contributed by atoms with E-state index in [4.69, 9.17) is 0 Å². The number of rotatable bonds is 5. The van der Waals surface area contributed by atoms with Crippen LogP contribution in [0.1, 0.15) is 46.4 Å². The first-order chi connectivity index (χ1) is 14.4. The highest BCUT2D eigenvalue weighted by molar-refractivity contribution is 5.92. The molecule has 2 heterocycles. The summed E-state index contributed by atoms with van der Waals surface area (Å²) in [7, 11) is 1.82. The van der Waals surface area contributed by atoms with Gasteiger partial charge < -0.3 is 10.4 Å². The van der Waals surface area contributed by atoms with Crippen molar-refractivity contribution in [3.05, 3.63) is 70.9 Å². The topological polar surface area (TPSA) is 80.0 Å². The summed E-state index contributed by atoms with van der Waals surface area (Å²) in [4.78, 5) is 16.8. The summed E-state index contributed by atoms with van der Waals surface area (Å²) in [5, 5.41) is 17.1. The number of nitrogens with one attached hydrogen (secondary N) is 1. The van der Waals surface area contributed by atoms with Gasteiger partial charge in [0.2, 0.25) is 0 Å². The molecule has 1 fully saturated rings. The highest BCUT2D eigenvalue weighted by Crippen LogP contribution is 2.23. The lowest BCUT2D eigenvalue weighted by molar-refractivity contribution is 0.0868. The molecular weight excluding hydrogens is 383 g/mol. The first-order valence-corrected chi connectivity index (χ1v) is 10.1. The molecule has 156 valence electrons. The Morgan fingerprint density at radius 2 is 2.10 bits per heavy atom. The van der Waals surface area contributed by atoms with Crippen LogP contribution in [0.2, 0.25) is 0 Å². The average molecular weight is 408 g/mol. The lowest BCUT2D eigenvalue weighted by atomic mass is 9.99. The van der Waals surface area contributed by atoms with E-state index in [1.807, 2.05) is 32.3 Å². The third-order valence-electron chi connectivity index (χ3n) is 5.69. The van der Waals surface area contributed by atoms with E-state index in [0.717, 1.165) is 35.2 Å². The third kappa shape index (κ3) is 4.26. The normalized spacial score (nSPS) is 18.5. The van der Waals surface area contributed by atoms with Crippen molar-refractivity contribution < 1.29 is 14.3 Å². The molecule has 1 aliphatic rings. The van der Waals surface area contributed by atoms with Gasteiger partial charge >= 0.3 is 0 Å². The van der Waals surface area contributed by atoms with E-state index < -0.39 is 6.10 Å². The molecule has 0 spiro atoms. The van der Waals surface area contributed by atoms with Gasteiger partial charge in [0.15, 0.2) is 0 Å². The second-order valence-corrected chi connectivity index (χ2v) is 7.93. The fourth-order valence-corrected chi connectivity index (χ4v) is 3.86. The summed E-state index contributed by atoms with van der Waals surface area (Å²) in [6.45, 7) is 1.89. The quantitative estimate of drug-likeness (QED) is 0.680. The van der Waals surface area contributed by atoms with Crippen LogP contribution in [0.3, 0.4) is 0 Å². The number of pyridine rings is 1. The molecule has 30 heavy (non-hydrogen) atoms. The molecular formula is C23H25FN4O2. The van der Waals surface area contributed by atoms with E-state index in [0.29, 0.717) is 18.4 Å². The molecule has 1 aliphatic carbocycles. The fraction of sp³-hybridized carbons (Fsp3) is 0.348. The molecule has 2 aromatic heterocycles. The third-order valence-corrected chi connectivity index (χ3v) is 5.69. The monoisotopic (exact) mass is 408 g/mol. The molecule has 2 atom stereocenters. The van der Waals surface area contributed by atoms with E-state index in [2.05, 4.69) is 15.4 Å². The van der Waals surface area contributed by atoms with Crippen molar-refractivity contribution in [2.24, 2.45) is 7.05 Å². The standard InChI is InChI=1S/C23H25FN4O2/c1-14-13-25-21(23(30)26-20-4-3-5-22(20)29)12-17(14)10-15-6-7-16(11-18(15)24)19-8-9-28(2)27-19/h6-9,11-13,20,22,29H,3-5,10H2,1-2H3,(H,26,30)/t20-,22-/m0/s1. The number of carbonyl (C=O) groups excluding carboxylic acids is 1. The SMILES string of the molecule is Cc1cnc(C(=O)N[C@H]2CCC[C@@H]2O)cc1Cc1ccc(-c2ccn(C)n2)cc1F. The number of nitrogens with zero attached hydrogens (tertiary/aromatic N) is 3. The minimum Gasteiger partial charge on any atom is -0.391 e. The van der Waals surface area contributed by atoms with Crippen LogP contribution in [-0.4, -0.2) is 37.9 Å². The van der Waals surface area contributed by atoms with Crippen molar-refractivity contribution >= 4 is 5.91 Å². The van der Waals surface area contributed by atoms with Crippen molar-refractivity contribution in [1.29, 1.82) is 0 Å². The maximum absolute atomic E-state index is 14.8. The molecule has 7 heteroatoms. The molecule has 0 saturated heterocycles. The van der Waals surface area contributed by atoms with Gasteiger partial charge in [-0.1, -0.05) is 12.1 Å². The van der Waals surface area contributed by atoms with Gasteiger partial charge in [0, 0.05) is 31.4 Å². The number of hydrogen-bond acceptors (Lipinski definition) is 4.